The van der Waals surface area contributed by atoms with Gasteiger partial charge in [0.25, 0.3) is 0 Å². The fraction of sp³-hybridized carbons (Fsp3) is 0.316. The number of carbonyl (C=O) groups is 1. The van der Waals surface area contributed by atoms with Crippen molar-refractivity contribution in [1.29, 1.82) is 0 Å². The fourth-order valence-corrected chi connectivity index (χ4v) is 3.76. The molecular formula is C19H19NO3. The van der Waals surface area contributed by atoms with Crippen molar-refractivity contribution >= 4 is 11.7 Å². The maximum absolute atomic E-state index is 11.0. The minimum Gasteiger partial charge on any atom is -0.478 e. The van der Waals surface area contributed by atoms with Gasteiger partial charge in [-0.25, -0.2) is 4.79 Å². The Labute approximate surface area is 135 Å². The summed E-state index contributed by atoms with van der Waals surface area (Å²) >= 11 is 0. The lowest BCUT2D eigenvalue weighted by Gasteiger charge is -2.36. The van der Waals surface area contributed by atoms with Gasteiger partial charge in [-0.1, -0.05) is 29.8 Å². The summed E-state index contributed by atoms with van der Waals surface area (Å²) in [6.45, 7) is 2.87. The smallest absolute Gasteiger partial charge is 0.335 e. The van der Waals surface area contributed by atoms with Gasteiger partial charge in [-0.2, -0.15) is 0 Å². The molecule has 0 spiro atoms. The summed E-state index contributed by atoms with van der Waals surface area (Å²) < 4.78 is 6.02. The molecule has 4 heteroatoms. The Morgan fingerprint density at radius 3 is 2.74 bits per heavy atom. The first-order chi connectivity index (χ1) is 11.1. The van der Waals surface area contributed by atoms with Gasteiger partial charge in [0.2, 0.25) is 0 Å². The molecule has 2 heterocycles. The van der Waals surface area contributed by atoms with Crippen molar-refractivity contribution in [2.75, 3.05) is 11.9 Å². The van der Waals surface area contributed by atoms with Gasteiger partial charge in [-0.3, -0.25) is 0 Å². The molecule has 118 valence electrons. The summed E-state index contributed by atoms with van der Waals surface area (Å²) in [6, 6.07) is 13.7. The highest BCUT2D eigenvalue weighted by molar-refractivity contribution is 5.87. The Balaban J connectivity index is 1.72. The molecule has 0 bridgehead atoms. The van der Waals surface area contributed by atoms with Crippen LogP contribution in [0.1, 0.15) is 45.6 Å². The third-order valence-electron chi connectivity index (χ3n) is 4.91. The van der Waals surface area contributed by atoms with Crippen LogP contribution in [0.5, 0.6) is 0 Å². The zero-order chi connectivity index (χ0) is 16.0. The number of aromatic carboxylic acids is 1. The summed E-state index contributed by atoms with van der Waals surface area (Å²) in [6.07, 6.45) is 1.13. The van der Waals surface area contributed by atoms with Crippen molar-refractivity contribution in [2.24, 2.45) is 5.92 Å². The number of nitrogens with one attached hydrogen (secondary N) is 1. The number of rotatable bonds is 2. The van der Waals surface area contributed by atoms with E-state index in [4.69, 9.17) is 9.84 Å². The molecule has 0 aromatic heterocycles. The highest BCUT2D eigenvalue weighted by Crippen LogP contribution is 2.49. The average molecular weight is 309 g/mol. The van der Waals surface area contributed by atoms with Crippen molar-refractivity contribution in [1.82, 2.24) is 0 Å². The van der Waals surface area contributed by atoms with Crippen LogP contribution in [0.2, 0.25) is 0 Å². The number of carboxylic acids is 1. The van der Waals surface area contributed by atoms with Gasteiger partial charge in [0.1, 0.15) is 0 Å². The van der Waals surface area contributed by atoms with Crippen LogP contribution in [-0.4, -0.2) is 17.7 Å². The van der Waals surface area contributed by atoms with Crippen LogP contribution in [-0.2, 0) is 4.74 Å². The molecule has 1 saturated heterocycles. The minimum absolute atomic E-state index is 0.121. The molecule has 0 radical (unpaired) electrons. The van der Waals surface area contributed by atoms with Gasteiger partial charge in [0.15, 0.2) is 0 Å². The predicted molar refractivity (Wildman–Crippen MR) is 87.7 cm³/mol. The van der Waals surface area contributed by atoms with E-state index in [9.17, 15) is 4.79 Å². The normalized spacial score (nSPS) is 25.3. The van der Waals surface area contributed by atoms with E-state index in [1.54, 1.807) is 12.1 Å². The zero-order valence-electron chi connectivity index (χ0n) is 13.0. The zero-order valence-corrected chi connectivity index (χ0v) is 13.0. The lowest BCUT2D eigenvalue weighted by molar-refractivity contribution is 0.0696. The van der Waals surface area contributed by atoms with E-state index in [1.807, 2.05) is 12.1 Å². The highest BCUT2D eigenvalue weighted by Gasteiger charge is 2.41. The number of hydrogen-bond acceptors (Lipinski definition) is 3. The van der Waals surface area contributed by atoms with Crippen LogP contribution in [0.25, 0.3) is 0 Å². The molecule has 0 aliphatic carbocycles. The Bertz CT molecular complexity index is 754. The second-order valence-electron chi connectivity index (χ2n) is 6.38. The van der Waals surface area contributed by atoms with E-state index >= 15 is 0 Å². The molecule has 1 fully saturated rings. The molecule has 0 amide bonds. The lowest BCUT2D eigenvalue weighted by atomic mass is 9.80. The quantitative estimate of drug-likeness (QED) is 0.882. The van der Waals surface area contributed by atoms with E-state index in [1.165, 1.54) is 11.1 Å². The molecule has 4 nitrogen and oxygen atoms in total. The molecular weight excluding hydrogens is 290 g/mol. The molecule has 2 aromatic carbocycles. The van der Waals surface area contributed by atoms with E-state index in [0.717, 1.165) is 24.3 Å². The molecule has 2 aliphatic heterocycles. The van der Waals surface area contributed by atoms with Gasteiger partial charge >= 0.3 is 5.97 Å². The van der Waals surface area contributed by atoms with E-state index in [2.05, 4.69) is 30.4 Å². The summed E-state index contributed by atoms with van der Waals surface area (Å²) in [7, 11) is 0. The number of anilines is 1. The van der Waals surface area contributed by atoms with Crippen LogP contribution in [0.15, 0.2) is 42.5 Å². The van der Waals surface area contributed by atoms with Crippen molar-refractivity contribution < 1.29 is 14.6 Å². The summed E-state index contributed by atoms with van der Waals surface area (Å²) in [5.74, 6) is -0.518. The van der Waals surface area contributed by atoms with Crippen LogP contribution < -0.4 is 5.32 Å². The Morgan fingerprint density at radius 2 is 2.00 bits per heavy atom. The summed E-state index contributed by atoms with van der Waals surface area (Å²) in [5, 5.41) is 12.7. The van der Waals surface area contributed by atoms with E-state index < -0.39 is 5.97 Å². The van der Waals surface area contributed by atoms with Gasteiger partial charge in [0.05, 0.1) is 17.7 Å². The van der Waals surface area contributed by atoms with E-state index in [-0.39, 0.29) is 12.1 Å². The molecule has 2 aliphatic rings. The Hall–Kier alpha value is -2.33. The van der Waals surface area contributed by atoms with Crippen LogP contribution in [0, 0.1) is 12.8 Å². The Morgan fingerprint density at radius 1 is 1.22 bits per heavy atom. The molecule has 23 heavy (non-hydrogen) atoms. The maximum Gasteiger partial charge on any atom is 0.335 e. The monoisotopic (exact) mass is 309 g/mol. The minimum atomic E-state index is -0.893. The second-order valence-corrected chi connectivity index (χ2v) is 6.38. The number of ether oxygens (including phenoxy) is 1. The molecule has 3 atom stereocenters. The number of aryl methyl sites for hydroxylation is 1. The molecule has 0 saturated carbocycles. The topological polar surface area (TPSA) is 58.6 Å². The van der Waals surface area contributed by atoms with Crippen molar-refractivity contribution in [3.8, 4) is 0 Å². The summed E-state index contributed by atoms with van der Waals surface area (Å²) in [4.78, 5) is 11.0. The molecule has 0 unspecified atom stereocenters. The average Bonchev–Trinajstić information content (AvgIpc) is 3.04. The van der Waals surface area contributed by atoms with Crippen LogP contribution in [0.3, 0.4) is 0 Å². The van der Waals surface area contributed by atoms with Gasteiger partial charge in [0, 0.05) is 23.8 Å². The molecule has 2 N–H and O–H groups in total. The summed E-state index contributed by atoms with van der Waals surface area (Å²) in [5.41, 5.74) is 5.03. The van der Waals surface area contributed by atoms with Crippen molar-refractivity contribution in [3.63, 3.8) is 0 Å². The third kappa shape index (κ3) is 2.39. The van der Waals surface area contributed by atoms with Crippen LogP contribution in [0.4, 0.5) is 5.69 Å². The van der Waals surface area contributed by atoms with Crippen molar-refractivity contribution in [2.45, 2.75) is 25.5 Å². The number of hydrogen-bond donors (Lipinski definition) is 2. The predicted octanol–water partition coefficient (Wildman–Crippen LogP) is 3.94. The first-order valence-electron chi connectivity index (χ1n) is 7.95. The van der Waals surface area contributed by atoms with Crippen molar-refractivity contribution in [3.05, 3.63) is 64.7 Å². The van der Waals surface area contributed by atoms with Gasteiger partial charge < -0.3 is 15.2 Å². The highest BCUT2D eigenvalue weighted by atomic mass is 16.5. The molecule has 2 aromatic rings. The number of fused-ring (bicyclic) bond motifs is 3. The first-order valence-corrected chi connectivity index (χ1v) is 7.95. The standard InChI is InChI=1S/C19H19NO3/c1-11-2-7-16-15(10-11)18-14(8-9-23-18)17(20-16)12-3-5-13(6-4-12)19(21)22/h2-7,10,14,17-18,20H,8-9H2,1H3,(H,21,22)/t14-,17-,18+/m0/s1. The fourth-order valence-electron chi connectivity index (χ4n) is 3.76. The van der Waals surface area contributed by atoms with Crippen LogP contribution >= 0.6 is 0 Å². The molecule has 4 rings (SSSR count). The SMILES string of the molecule is Cc1ccc2c(c1)[C@@H]1OCC[C@H]1[C@H](c1ccc(C(=O)O)cc1)N2. The second kappa shape index (κ2) is 5.39. The lowest BCUT2D eigenvalue weighted by Crippen LogP contribution is -2.29. The Kier molecular flexibility index (Phi) is 3.34. The number of benzene rings is 2. The van der Waals surface area contributed by atoms with Gasteiger partial charge in [-0.15, -0.1) is 0 Å². The van der Waals surface area contributed by atoms with E-state index in [0.29, 0.717) is 11.5 Å². The largest absolute Gasteiger partial charge is 0.478 e. The number of carboxylic acid groups (broad SMARTS) is 1. The maximum atomic E-state index is 11.0. The third-order valence-corrected chi connectivity index (χ3v) is 4.91. The van der Waals surface area contributed by atoms with Gasteiger partial charge in [-0.05, 0) is 37.1 Å². The first kappa shape index (κ1) is 14.3.